The second kappa shape index (κ2) is 6.76. The molecular formula is C14H19ClN2O4. The summed E-state index contributed by atoms with van der Waals surface area (Å²) in [5, 5.41) is 0.0197. The van der Waals surface area contributed by atoms with Crippen molar-refractivity contribution >= 4 is 23.5 Å². The van der Waals surface area contributed by atoms with Gasteiger partial charge in [-0.1, -0.05) is 11.6 Å². The summed E-state index contributed by atoms with van der Waals surface area (Å²) in [5.74, 6) is -0.555. The van der Waals surface area contributed by atoms with Crippen molar-refractivity contribution in [2.45, 2.75) is 26.4 Å². The molecule has 0 bridgehead atoms. The molecule has 1 rings (SSSR count). The Morgan fingerprint density at radius 3 is 2.38 bits per heavy atom. The molecule has 0 aliphatic rings. The second-order valence-electron chi connectivity index (χ2n) is 5.56. The molecule has 0 fully saturated rings. The fourth-order valence-corrected chi connectivity index (χ4v) is 1.59. The van der Waals surface area contributed by atoms with Crippen LogP contribution in [0.25, 0.3) is 0 Å². The highest BCUT2D eigenvalue weighted by Crippen LogP contribution is 2.22. The Morgan fingerprint density at radius 2 is 1.90 bits per heavy atom. The minimum Gasteiger partial charge on any atom is -0.479 e. The van der Waals surface area contributed by atoms with Crippen LogP contribution in [-0.2, 0) is 9.53 Å². The molecule has 1 heterocycles. The van der Waals surface area contributed by atoms with Gasteiger partial charge in [-0.05, 0) is 32.9 Å². The van der Waals surface area contributed by atoms with Gasteiger partial charge in [-0.15, -0.1) is 0 Å². The molecule has 0 aliphatic heterocycles. The van der Waals surface area contributed by atoms with E-state index in [1.165, 1.54) is 17.0 Å². The van der Waals surface area contributed by atoms with Crippen LogP contribution in [0.15, 0.2) is 12.1 Å². The van der Waals surface area contributed by atoms with Crippen LogP contribution in [0.5, 0.6) is 5.75 Å². The zero-order valence-corrected chi connectivity index (χ0v) is 13.5. The first kappa shape index (κ1) is 17.2. The Hall–Kier alpha value is -1.82. The standard InChI is InChI=1S/C14H19ClN2O4/c1-14(2,3)21-11(18)8-20-10-7-6-9(16-12(10)15)13(19)17(4)5/h6-7H,8H2,1-5H3. The summed E-state index contributed by atoms with van der Waals surface area (Å²) in [6.45, 7) is 5.02. The van der Waals surface area contributed by atoms with E-state index in [4.69, 9.17) is 21.1 Å². The molecule has 1 aromatic rings. The van der Waals surface area contributed by atoms with E-state index in [9.17, 15) is 9.59 Å². The number of carbonyl (C=O) groups is 2. The van der Waals surface area contributed by atoms with Gasteiger partial charge in [0.05, 0.1) is 0 Å². The predicted molar refractivity (Wildman–Crippen MR) is 78.6 cm³/mol. The number of hydrogen-bond donors (Lipinski definition) is 0. The molecule has 0 saturated heterocycles. The van der Waals surface area contributed by atoms with Crippen LogP contribution in [0.4, 0.5) is 0 Å². The van der Waals surface area contributed by atoms with E-state index in [1.54, 1.807) is 34.9 Å². The van der Waals surface area contributed by atoms with Crippen molar-refractivity contribution in [3.05, 3.63) is 23.0 Å². The first-order valence-electron chi connectivity index (χ1n) is 6.33. The molecule has 0 saturated carbocycles. The average molecular weight is 315 g/mol. The molecule has 1 amide bonds. The largest absolute Gasteiger partial charge is 0.479 e. The van der Waals surface area contributed by atoms with Crippen LogP contribution in [0.1, 0.15) is 31.3 Å². The van der Waals surface area contributed by atoms with E-state index in [2.05, 4.69) is 4.98 Å². The van der Waals surface area contributed by atoms with Crippen molar-refractivity contribution in [2.24, 2.45) is 0 Å². The quantitative estimate of drug-likeness (QED) is 0.629. The molecule has 0 aromatic carbocycles. The lowest BCUT2D eigenvalue weighted by molar-refractivity contribution is -0.157. The topological polar surface area (TPSA) is 68.7 Å². The van der Waals surface area contributed by atoms with Crippen LogP contribution in [0.2, 0.25) is 5.15 Å². The number of halogens is 1. The number of nitrogens with zero attached hydrogens (tertiary/aromatic N) is 2. The molecule has 21 heavy (non-hydrogen) atoms. The number of hydrogen-bond acceptors (Lipinski definition) is 5. The number of carbonyl (C=O) groups excluding carboxylic acids is 2. The predicted octanol–water partition coefficient (Wildman–Crippen LogP) is 2.16. The molecule has 116 valence electrons. The van der Waals surface area contributed by atoms with Gasteiger partial charge in [0.1, 0.15) is 11.3 Å². The van der Waals surface area contributed by atoms with Crippen LogP contribution >= 0.6 is 11.6 Å². The van der Waals surface area contributed by atoms with Crippen molar-refractivity contribution in [3.8, 4) is 5.75 Å². The normalized spacial score (nSPS) is 11.0. The Balaban J connectivity index is 2.70. The van der Waals surface area contributed by atoms with Gasteiger partial charge in [0.15, 0.2) is 17.5 Å². The lowest BCUT2D eigenvalue weighted by atomic mass is 10.2. The van der Waals surface area contributed by atoms with E-state index in [0.29, 0.717) is 0 Å². The van der Waals surface area contributed by atoms with Gasteiger partial charge in [0.2, 0.25) is 0 Å². The van der Waals surface area contributed by atoms with E-state index < -0.39 is 11.6 Å². The SMILES string of the molecule is CN(C)C(=O)c1ccc(OCC(=O)OC(C)(C)C)c(Cl)n1. The highest BCUT2D eigenvalue weighted by Gasteiger charge is 2.18. The molecule has 0 aliphatic carbocycles. The van der Waals surface area contributed by atoms with Gasteiger partial charge < -0.3 is 14.4 Å². The molecule has 7 heteroatoms. The average Bonchev–Trinajstić information content (AvgIpc) is 2.34. The number of ether oxygens (including phenoxy) is 2. The van der Waals surface area contributed by atoms with Crippen molar-refractivity contribution < 1.29 is 19.1 Å². The monoisotopic (exact) mass is 314 g/mol. The number of esters is 1. The van der Waals surface area contributed by atoms with Gasteiger partial charge >= 0.3 is 5.97 Å². The van der Waals surface area contributed by atoms with Crippen molar-refractivity contribution in [1.29, 1.82) is 0 Å². The van der Waals surface area contributed by atoms with Crippen LogP contribution in [0.3, 0.4) is 0 Å². The zero-order chi connectivity index (χ0) is 16.2. The molecule has 0 unspecified atom stereocenters. The zero-order valence-electron chi connectivity index (χ0n) is 12.8. The molecule has 6 nitrogen and oxygen atoms in total. The number of amides is 1. The summed E-state index contributed by atoms with van der Waals surface area (Å²) in [7, 11) is 3.23. The van der Waals surface area contributed by atoms with E-state index in [0.717, 1.165) is 0 Å². The first-order chi connectivity index (χ1) is 9.60. The van der Waals surface area contributed by atoms with Gasteiger partial charge in [0, 0.05) is 14.1 Å². The van der Waals surface area contributed by atoms with Gasteiger partial charge in [-0.25, -0.2) is 9.78 Å². The summed E-state index contributed by atoms with van der Waals surface area (Å²) >= 11 is 5.94. The van der Waals surface area contributed by atoms with Gasteiger partial charge in [-0.3, -0.25) is 4.79 Å². The first-order valence-corrected chi connectivity index (χ1v) is 6.71. The van der Waals surface area contributed by atoms with E-state index >= 15 is 0 Å². The smallest absolute Gasteiger partial charge is 0.344 e. The highest BCUT2D eigenvalue weighted by molar-refractivity contribution is 6.31. The molecule has 0 N–H and O–H groups in total. The van der Waals surface area contributed by atoms with E-state index in [-0.39, 0.29) is 29.1 Å². The molecule has 1 aromatic heterocycles. The van der Waals surface area contributed by atoms with Crippen LogP contribution < -0.4 is 4.74 Å². The minimum absolute atomic E-state index is 0.0197. The molecule has 0 spiro atoms. The van der Waals surface area contributed by atoms with Crippen LogP contribution in [0, 0.1) is 0 Å². The van der Waals surface area contributed by atoms with Crippen molar-refractivity contribution in [2.75, 3.05) is 20.7 Å². The Bertz CT molecular complexity index is 538. The maximum atomic E-state index is 11.7. The fourth-order valence-electron chi connectivity index (χ4n) is 1.39. The van der Waals surface area contributed by atoms with Gasteiger partial charge in [0.25, 0.3) is 5.91 Å². The van der Waals surface area contributed by atoms with Crippen molar-refractivity contribution in [3.63, 3.8) is 0 Å². The lowest BCUT2D eigenvalue weighted by Gasteiger charge is -2.19. The third kappa shape index (κ3) is 5.59. The Labute approximate surface area is 129 Å². The summed E-state index contributed by atoms with van der Waals surface area (Å²) in [4.78, 5) is 28.6. The number of aromatic nitrogens is 1. The van der Waals surface area contributed by atoms with Gasteiger partial charge in [-0.2, -0.15) is 0 Å². The lowest BCUT2D eigenvalue weighted by Crippen LogP contribution is -2.27. The summed E-state index contributed by atoms with van der Waals surface area (Å²) in [6.07, 6.45) is 0. The third-order valence-corrected chi connectivity index (χ3v) is 2.48. The van der Waals surface area contributed by atoms with Crippen molar-refractivity contribution in [1.82, 2.24) is 9.88 Å². The summed E-state index contributed by atoms with van der Waals surface area (Å²) < 4.78 is 10.4. The number of rotatable bonds is 4. The fraction of sp³-hybridized carbons (Fsp3) is 0.500. The maximum Gasteiger partial charge on any atom is 0.344 e. The summed E-state index contributed by atoms with van der Waals surface area (Å²) in [5.41, 5.74) is -0.376. The molecule has 0 radical (unpaired) electrons. The Kier molecular flexibility index (Phi) is 5.54. The van der Waals surface area contributed by atoms with Crippen LogP contribution in [-0.4, -0.2) is 48.1 Å². The second-order valence-corrected chi connectivity index (χ2v) is 5.92. The Morgan fingerprint density at radius 1 is 1.29 bits per heavy atom. The highest BCUT2D eigenvalue weighted by atomic mass is 35.5. The summed E-state index contributed by atoms with van der Waals surface area (Å²) in [6, 6.07) is 2.98. The minimum atomic E-state index is -0.579. The molecule has 0 atom stereocenters. The third-order valence-electron chi connectivity index (χ3n) is 2.21. The molecular weight excluding hydrogens is 296 g/mol. The maximum absolute atomic E-state index is 11.7. The van der Waals surface area contributed by atoms with E-state index in [1.807, 2.05) is 0 Å². The number of pyridine rings is 1.